The maximum absolute atomic E-state index is 12.4. The van der Waals surface area contributed by atoms with Crippen molar-refractivity contribution in [1.82, 2.24) is 15.4 Å². The first-order valence-corrected chi connectivity index (χ1v) is 7.81. The smallest absolute Gasteiger partial charge is 0.489 e. The maximum Gasteiger partial charge on any atom is 0.573 e. The van der Waals surface area contributed by atoms with Crippen LogP contribution >= 0.6 is 11.6 Å². The van der Waals surface area contributed by atoms with E-state index in [9.17, 15) is 13.2 Å². The average molecular weight is 395 g/mol. The van der Waals surface area contributed by atoms with Gasteiger partial charge in [-0.1, -0.05) is 28.9 Å². The molecule has 1 aromatic heterocycles. The lowest BCUT2D eigenvalue weighted by Gasteiger charge is -2.12. The van der Waals surface area contributed by atoms with Crippen molar-refractivity contribution in [2.24, 2.45) is 0 Å². The Morgan fingerprint density at radius 3 is 2.70 bits per heavy atom. The Bertz CT molecular complexity index is 998. The number of aromatic nitrogens is 3. The van der Waals surface area contributed by atoms with E-state index in [1.165, 1.54) is 12.1 Å². The van der Waals surface area contributed by atoms with Crippen LogP contribution in [0.15, 0.2) is 42.5 Å². The number of hydrogen-bond acceptors (Lipinski definition) is 5. The lowest BCUT2D eigenvalue weighted by atomic mass is 10.1. The van der Waals surface area contributed by atoms with Gasteiger partial charge in [0.25, 0.3) is 0 Å². The molecule has 10 heteroatoms. The molecule has 0 radical (unpaired) electrons. The summed E-state index contributed by atoms with van der Waals surface area (Å²) in [7, 11) is 0. The molecule has 0 aliphatic heterocycles. The summed E-state index contributed by atoms with van der Waals surface area (Å²) in [5, 5.41) is 19.0. The van der Waals surface area contributed by atoms with Gasteiger partial charge in [-0.05, 0) is 35.9 Å². The molecule has 0 amide bonds. The van der Waals surface area contributed by atoms with Crippen molar-refractivity contribution in [3.63, 3.8) is 0 Å². The number of nitriles is 1. The molecule has 27 heavy (non-hydrogen) atoms. The van der Waals surface area contributed by atoms with Crippen LogP contribution < -0.4 is 9.47 Å². The molecule has 0 spiro atoms. The van der Waals surface area contributed by atoms with Gasteiger partial charge in [-0.15, -0.1) is 18.3 Å². The fourth-order valence-electron chi connectivity index (χ4n) is 2.30. The van der Waals surface area contributed by atoms with Gasteiger partial charge in [0.05, 0.1) is 0 Å². The summed E-state index contributed by atoms with van der Waals surface area (Å²) in [6.45, 7) is -0.0395. The highest BCUT2D eigenvalue weighted by Crippen LogP contribution is 2.28. The first-order chi connectivity index (χ1) is 12.8. The van der Waals surface area contributed by atoms with Crippen molar-refractivity contribution in [2.45, 2.75) is 13.0 Å². The molecular weight excluding hydrogens is 385 g/mol. The molecule has 0 unspecified atom stereocenters. The minimum Gasteiger partial charge on any atom is -0.489 e. The molecule has 1 N–H and O–H groups in total. The van der Waals surface area contributed by atoms with Gasteiger partial charge in [0, 0.05) is 10.6 Å². The second-order valence-electron chi connectivity index (χ2n) is 5.31. The Kier molecular flexibility index (Phi) is 5.19. The summed E-state index contributed by atoms with van der Waals surface area (Å²) < 4.78 is 46.6. The van der Waals surface area contributed by atoms with Crippen molar-refractivity contribution in [3.05, 3.63) is 58.7 Å². The number of aromatic amines is 1. The summed E-state index contributed by atoms with van der Waals surface area (Å²) >= 11 is 5.83. The number of nitrogens with zero attached hydrogens (tertiary/aromatic N) is 3. The zero-order chi connectivity index (χ0) is 19.4. The van der Waals surface area contributed by atoms with E-state index in [4.69, 9.17) is 21.6 Å². The molecule has 0 fully saturated rings. The molecule has 0 bridgehead atoms. The van der Waals surface area contributed by atoms with Crippen molar-refractivity contribution < 1.29 is 22.6 Å². The van der Waals surface area contributed by atoms with Crippen LogP contribution in [0.3, 0.4) is 0 Å². The molecule has 1 heterocycles. The highest BCUT2D eigenvalue weighted by Gasteiger charge is 2.31. The van der Waals surface area contributed by atoms with Crippen LogP contribution in [0.2, 0.25) is 5.02 Å². The van der Waals surface area contributed by atoms with Crippen molar-refractivity contribution in [3.8, 4) is 28.8 Å². The fourth-order valence-corrected chi connectivity index (χ4v) is 2.55. The first-order valence-electron chi connectivity index (χ1n) is 7.43. The molecule has 0 aliphatic rings. The van der Waals surface area contributed by atoms with Gasteiger partial charge in [-0.25, -0.2) is 5.10 Å². The van der Waals surface area contributed by atoms with Crippen LogP contribution in [-0.4, -0.2) is 21.8 Å². The zero-order valence-corrected chi connectivity index (χ0v) is 14.2. The van der Waals surface area contributed by atoms with E-state index in [-0.39, 0.29) is 17.3 Å². The third kappa shape index (κ3) is 4.89. The molecule has 6 nitrogen and oxygen atoms in total. The lowest BCUT2D eigenvalue weighted by molar-refractivity contribution is -0.274. The van der Waals surface area contributed by atoms with E-state index in [0.717, 1.165) is 6.07 Å². The molecule has 0 atom stereocenters. The van der Waals surface area contributed by atoms with Crippen LogP contribution in [0.1, 0.15) is 11.3 Å². The first kappa shape index (κ1) is 18.5. The summed E-state index contributed by atoms with van der Waals surface area (Å²) in [4.78, 5) is 0. The number of alkyl halides is 3. The molecule has 0 saturated heterocycles. The predicted octanol–water partition coefficient (Wildman–Crippen LogP) is 4.47. The summed E-state index contributed by atoms with van der Waals surface area (Å²) in [5.74, 6) is 0.00117. The van der Waals surface area contributed by atoms with Gasteiger partial charge >= 0.3 is 6.36 Å². The third-order valence-corrected chi connectivity index (χ3v) is 3.56. The number of nitrogens with one attached hydrogen (secondary N) is 1. The van der Waals surface area contributed by atoms with E-state index >= 15 is 0 Å². The van der Waals surface area contributed by atoms with Crippen molar-refractivity contribution in [1.29, 1.82) is 5.26 Å². The Hall–Kier alpha value is -3.25. The van der Waals surface area contributed by atoms with Gasteiger partial charge in [0.15, 0.2) is 5.69 Å². The van der Waals surface area contributed by atoms with Crippen LogP contribution in [0.25, 0.3) is 11.3 Å². The minimum atomic E-state index is -4.81. The van der Waals surface area contributed by atoms with E-state index in [2.05, 4.69) is 20.1 Å². The fraction of sp³-hybridized carbons (Fsp3) is 0.118. The van der Waals surface area contributed by atoms with E-state index < -0.39 is 12.1 Å². The molecular formula is C17H10ClF3N4O2. The Morgan fingerprint density at radius 2 is 1.96 bits per heavy atom. The Balaban J connectivity index is 1.76. The second-order valence-corrected chi connectivity index (χ2v) is 5.74. The molecule has 2 aromatic carbocycles. The van der Waals surface area contributed by atoms with Crippen LogP contribution in [0, 0.1) is 11.3 Å². The molecule has 3 rings (SSSR count). The SMILES string of the molecule is N#Cc1[nH]nnc1-c1cccc(OCc2cc(Cl)cc(OC(F)(F)F)c2)c1. The standard InChI is InChI=1S/C17H10ClF3N4O2/c18-12-4-10(5-14(7-12)27-17(19,20)21)9-26-13-3-1-2-11(6-13)16-15(8-22)23-25-24-16/h1-7H,9H2,(H,23,24,25). The number of halogens is 4. The van der Waals surface area contributed by atoms with E-state index in [1.807, 2.05) is 6.07 Å². The van der Waals surface area contributed by atoms with E-state index in [1.54, 1.807) is 24.3 Å². The number of hydrogen-bond donors (Lipinski definition) is 1. The largest absolute Gasteiger partial charge is 0.573 e. The van der Waals surface area contributed by atoms with Gasteiger partial charge in [-0.2, -0.15) is 5.26 Å². The number of ether oxygens (including phenoxy) is 2. The maximum atomic E-state index is 12.4. The topological polar surface area (TPSA) is 83.8 Å². The predicted molar refractivity (Wildman–Crippen MR) is 89.0 cm³/mol. The van der Waals surface area contributed by atoms with Crippen LogP contribution in [-0.2, 0) is 6.61 Å². The second kappa shape index (κ2) is 7.55. The lowest BCUT2D eigenvalue weighted by Crippen LogP contribution is -2.17. The van der Waals surface area contributed by atoms with Crippen molar-refractivity contribution >= 4 is 11.6 Å². The highest BCUT2D eigenvalue weighted by molar-refractivity contribution is 6.30. The monoisotopic (exact) mass is 394 g/mol. The van der Waals surface area contributed by atoms with Crippen LogP contribution in [0.4, 0.5) is 13.2 Å². The van der Waals surface area contributed by atoms with Gasteiger partial charge in [-0.3, -0.25) is 0 Å². The molecule has 138 valence electrons. The average Bonchev–Trinajstić information content (AvgIpc) is 3.07. The summed E-state index contributed by atoms with van der Waals surface area (Å²) in [5.41, 5.74) is 1.57. The minimum absolute atomic E-state index is 0.0395. The number of H-pyrrole nitrogens is 1. The third-order valence-electron chi connectivity index (χ3n) is 3.34. The quantitative estimate of drug-likeness (QED) is 0.690. The Labute approximate surface area is 156 Å². The van der Waals surface area contributed by atoms with Crippen molar-refractivity contribution in [2.75, 3.05) is 0 Å². The van der Waals surface area contributed by atoms with Gasteiger partial charge < -0.3 is 9.47 Å². The molecule has 0 saturated carbocycles. The van der Waals surface area contributed by atoms with E-state index in [0.29, 0.717) is 22.6 Å². The highest BCUT2D eigenvalue weighted by atomic mass is 35.5. The number of benzene rings is 2. The summed E-state index contributed by atoms with van der Waals surface area (Å²) in [6, 6.07) is 12.4. The van der Waals surface area contributed by atoms with Gasteiger partial charge in [0.2, 0.25) is 0 Å². The van der Waals surface area contributed by atoms with Crippen LogP contribution in [0.5, 0.6) is 11.5 Å². The molecule has 0 aliphatic carbocycles. The Morgan fingerprint density at radius 1 is 1.15 bits per heavy atom. The normalized spacial score (nSPS) is 11.1. The summed E-state index contributed by atoms with van der Waals surface area (Å²) in [6.07, 6.45) is -4.81. The number of rotatable bonds is 5. The molecule has 3 aromatic rings. The zero-order valence-electron chi connectivity index (χ0n) is 13.4. The van der Waals surface area contributed by atoms with Gasteiger partial charge in [0.1, 0.15) is 29.9 Å².